The lowest BCUT2D eigenvalue weighted by molar-refractivity contribution is -0.130. The molecule has 10 heteroatoms. The van der Waals surface area contributed by atoms with Gasteiger partial charge in [-0.2, -0.15) is 0 Å². The Labute approximate surface area is 199 Å². The maximum Gasteiger partial charge on any atom is 0.251 e. The van der Waals surface area contributed by atoms with E-state index in [4.69, 9.17) is 5.21 Å². The molecule has 0 bridgehead atoms. The van der Waals surface area contributed by atoms with Crippen LogP contribution in [0.5, 0.6) is 0 Å². The van der Waals surface area contributed by atoms with Gasteiger partial charge in [0.25, 0.3) is 5.91 Å². The maximum atomic E-state index is 13.5. The number of aromatic nitrogens is 3. The molecule has 4 rings (SSSR count). The molecule has 3 N–H and O–H groups in total. The summed E-state index contributed by atoms with van der Waals surface area (Å²) in [6.07, 6.45) is 1.99. The van der Waals surface area contributed by atoms with Crippen molar-refractivity contribution in [1.82, 2.24) is 25.8 Å². The highest BCUT2D eigenvalue weighted by molar-refractivity contribution is 5.94. The molecule has 0 fully saturated rings. The Morgan fingerprint density at radius 1 is 1.03 bits per heavy atom. The number of nitrogens with zero attached hydrogens (tertiary/aromatic N) is 3. The Balaban J connectivity index is 1.52. The van der Waals surface area contributed by atoms with E-state index in [1.807, 2.05) is 42.5 Å². The van der Waals surface area contributed by atoms with Crippen molar-refractivity contribution in [1.29, 1.82) is 0 Å². The van der Waals surface area contributed by atoms with Gasteiger partial charge in [-0.25, -0.2) is 18.9 Å². The van der Waals surface area contributed by atoms with E-state index < -0.39 is 35.5 Å². The number of halogens is 2. The molecule has 0 radical (unpaired) electrons. The quantitative estimate of drug-likeness (QED) is 0.263. The van der Waals surface area contributed by atoms with Crippen molar-refractivity contribution in [2.45, 2.75) is 31.8 Å². The van der Waals surface area contributed by atoms with E-state index in [2.05, 4.69) is 15.6 Å². The van der Waals surface area contributed by atoms with Gasteiger partial charge in [-0.05, 0) is 47.9 Å². The molecule has 2 atom stereocenters. The van der Waals surface area contributed by atoms with Crippen molar-refractivity contribution in [2.75, 3.05) is 0 Å². The summed E-state index contributed by atoms with van der Waals surface area (Å²) in [4.78, 5) is 24.4. The first-order chi connectivity index (χ1) is 16.8. The molecule has 180 valence electrons. The molecule has 4 aromatic rings. The van der Waals surface area contributed by atoms with Crippen LogP contribution >= 0.6 is 0 Å². The topological polar surface area (TPSA) is 109 Å². The van der Waals surface area contributed by atoms with Gasteiger partial charge < -0.3 is 5.32 Å². The molecule has 0 aliphatic carbocycles. The van der Waals surface area contributed by atoms with Crippen LogP contribution in [0.3, 0.4) is 0 Å². The van der Waals surface area contributed by atoms with Gasteiger partial charge in [0.2, 0.25) is 5.91 Å². The molecule has 0 saturated heterocycles. The van der Waals surface area contributed by atoms with Gasteiger partial charge in [0.15, 0.2) is 11.6 Å². The molecule has 1 heterocycles. The van der Waals surface area contributed by atoms with Gasteiger partial charge in [0.1, 0.15) is 5.69 Å². The number of hydrogen-bond donors (Lipinski definition) is 3. The van der Waals surface area contributed by atoms with E-state index >= 15 is 0 Å². The maximum absolute atomic E-state index is 13.5. The minimum absolute atomic E-state index is 0.0306. The summed E-state index contributed by atoms with van der Waals surface area (Å²) >= 11 is 0. The van der Waals surface area contributed by atoms with E-state index in [1.54, 1.807) is 18.6 Å². The van der Waals surface area contributed by atoms with Crippen molar-refractivity contribution in [3.05, 3.63) is 95.3 Å². The fraction of sp³-hybridized carbons (Fsp3) is 0.200. The summed E-state index contributed by atoms with van der Waals surface area (Å²) in [6.45, 7) is 1.67. The Bertz CT molecular complexity index is 1370. The molecular formula is C25H23F2N5O3. The van der Waals surface area contributed by atoms with Crippen LogP contribution in [0.1, 0.15) is 47.0 Å². The molecule has 8 nitrogen and oxygen atoms in total. The molecule has 1 aromatic heterocycles. The van der Waals surface area contributed by atoms with Crippen LogP contribution in [0.25, 0.3) is 10.8 Å². The molecule has 0 saturated carbocycles. The molecule has 1 unspecified atom stereocenters. The van der Waals surface area contributed by atoms with Crippen molar-refractivity contribution < 1.29 is 23.6 Å². The predicted molar refractivity (Wildman–Crippen MR) is 123 cm³/mol. The second-order valence-corrected chi connectivity index (χ2v) is 8.23. The number of rotatable bonds is 8. The first-order valence-corrected chi connectivity index (χ1v) is 10.9. The lowest BCUT2D eigenvalue weighted by Crippen LogP contribution is -2.27. The smallest absolute Gasteiger partial charge is 0.251 e. The molecule has 0 aliphatic rings. The van der Waals surface area contributed by atoms with Crippen molar-refractivity contribution in [3.63, 3.8) is 0 Å². The minimum Gasteiger partial charge on any atom is -0.344 e. The Kier molecular flexibility index (Phi) is 7.11. The van der Waals surface area contributed by atoms with Crippen LogP contribution in [0.15, 0.2) is 66.9 Å². The van der Waals surface area contributed by atoms with Crippen molar-refractivity contribution in [2.24, 2.45) is 0 Å². The molecular weight excluding hydrogens is 456 g/mol. The summed E-state index contributed by atoms with van der Waals surface area (Å²) in [5, 5.41) is 22.1. The summed E-state index contributed by atoms with van der Waals surface area (Å²) in [5.74, 6) is -3.33. The number of fused-ring (bicyclic) bond motifs is 1. The van der Waals surface area contributed by atoms with E-state index in [9.17, 15) is 18.4 Å². The molecule has 3 aromatic carbocycles. The molecule has 0 aliphatic heterocycles. The number of hydrogen-bond acceptors (Lipinski definition) is 5. The zero-order valence-corrected chi connectivity index (χ0v) is 18.8. The van der Waals surface area contributed by atoms with E-state index in [0.717, 1.165) is 28.5 Å². The van der Waals surface area contributed by atoms with E-state index in [-0.39, 0.29) is 12.0 Å². The first kappa shape index (κ1) is 24.0. The van der Waals surface area contributed by atoms with Crippen LogP contribution < -0.4 is 10.8 Å². The van der Waals surface area contributed by atoms with Gasteiger partial charge >= 0.3 is 0 Å². The van der Waals surface area contributed by atoms with E-state index in [1.165, 1.54) is 10.7 Å². The van der Waals surface area contributed by atoms with Gasteiger partial charge in [0, 0.05) is 5.56 Å². The number of hydroxylamine groups is 1. The van der Waals surface area contributed by atoms with Gasteiger partial charge in [-0.3, -0.25) is 14.8 Å². The highest BCUT2D eigenvalue weighted by Crippen LogP contribution is 2.23. The third-order valence-electron chi connectivity index (χ3n) is 5.71. The van der Waals surface area contributed by atoms with Crippen LogP contribution in [-0.4, -0.2) is 32.0 Å². The van der Waals surface area contributed by atoms with E-state index in [0.29, 0.717) is 12.1 Å². The largest absolute Gasteiger partial charge is 0.344 e. The second-order valence-electron chi connectivity index (χ2n) is 8.23. The lowest BCUT2D eigenvalue weighted by atomic mass is 10.00. The fourth-order valence-electron chi connectivity index (χ4n) is 3.82. The van der Waals surface area contributed by atoms with Crippen LogP contribution in [0.2, 0.25) is 0 Å². The highest BCUT2D eigenvalue weighted by atomic mass is 19.2. The van der Waals surface area contributed by atoms with Crippen molar-refractivity contribution >= 4 is 22.6 Å². The minimum atomic E-state index is -1.12. The Morgan fingerprint density at radius 2 is 1.80 bits per heavy atom. The number of amides is 2. The number of nitrogens with one attached hydrogen (secondary N) is 2. The number of carbonyl (C=O) groups excluding carboxylic acids is 2. The Morgan fingerprint density at radius 3 is 2.54 bits per heavy atom. The summed E-state index contributed by atoms with van der Waals surface area (Å²) in [7, 11) is 0. The normalized spacial score (nSPS) is 12.8. The predicted octanol–water partition coefficient (Wildman–Crippen LogP) is 3.88. The van der Waals surface area contributed by atoms with Crippen LogP contribution in [-0.2, 0) is 11.2 Å². The average Bonchev–Trinajstić information content (AvgIpc) is 3.35. The fourth-order valence-corrected chi connectivity index (χ4v) is 3.82. The van der Waals surface area contributed by atoms with Gasteiger partial charge in [-0.1, -0.05) is 47.7 Å². The summed E-state index contributed by atoms with van der Waals surface area (Å²) in [5.41, 5.74) is 3.00. The summed E-state index contributed by atoms with van der Waals surface area (Å²) in [6, 6.07) is 15.7. The zero-order chi connectivity index (χ0) is 24.9. The summed E-state index contributed by atoms with van der Waals surface area (Å²) < 4.78 is 28.1. The third-order valence-corrected chi connectivity index (χ3v) is 5.71. The van der Waals surface area contributed by atoms with Gasteiger partial charge in [-0.15, -0.1) is 5.10 Å². The molecule has 0 spiro atoms. The molecule has 2 amide bonds. The van der Waals surface area contributed by atoms with Crippen LogP contribution in [0.4, 0.5) is 8.78 Å². The zero-order valence-electron chi connectivity index (χ0n) is 18.8. The third kappa shape index (κ3) is 5.67. The second kappa shape index (κ2) is 10.4. The van der Waals surface area contributed by atoms with Crippen LogP contribution in [0, 0.1) is 11.6 Å². The lowest BCUT2D eigenvalue weighted by Gasteiger charge is -2.17. The first-order valence-electron chi connectivity index (χ1n) is 10.9. The Hall–Kier alpha value is -4.18. The number of benzene rings is 3. The van der Waals surface area contributed by atoms with Crippen molar-refractivity contribution in [3.8, 4) is 0 Å². The number of carbonyl (C=O) groups is 2. The average molecular weight is 479 g/mol. The monoisotopic (exact) mass is 479 g/mol. The van der Waals surface area contributed by atoms with Gasteiger partial charge in [0.05, 0.1) is 24.7 Å². The highest BCUT2D eigenvalue weighted by Gasteiger charge is 2.21. The SMILES string of the molecule is CC(NC(=O)c1ccc(F)c(F)c1)c1cn([C@@H](CC(=O)NO)Cc2ccc3ccccc3c2)nn1. The molecule has 35 heavy (non-hydrogen) atoms. The standard InChI is InChI=1S/C25H23F2N5O3/c1-15(28-25(34)19-8-9-21(26)22(27)12-19)23-14-32(31-29-23)20(13-24(33)30-35)11-16-6-7-17-4-2-3-5-18(17)10-16/h2-10,12,14-15,20,35H,11,13H2,1H3,(H,28,34)(H,30,33)/t15?,20-/m1/s1.